The summed E-state index contributed by atoms with van der Waals surface area (Å²) in [5.41, 5.74) is 1.44. The van der Waals surface area contributed by atoms with E-state index in [4.69, 9.17) is 9.90 Å². The van der Waals surface area contributed by atoms with Crippen molar-refractivity contribution in [3.05, 3.63) is 60.7 Å². The number of hydrogen-bond acceptors (Lipinski definition) is 5. The van der Waals surface area contributed by atoms with Crippen molar-refractivity contribution in [2.24, 2.45) is 0 Å². The molecule has 49 heavy (non-hydrogen) atoms. The molecule has 0 spiro atoms. The first-order valence-corrected chi connectivity index (χ1v) is 16.8. The molecule has 0 saturated carbocycles. The van der Waals surface area contributed by atoms with Crippen LogP contribution in [0.5, 0.6) is 0 Å². The number of anilines is 2. The molecule has 2 aromatic carbocycles. The Morgan fingerprint density at radius 3 is 1.73 bits per heavy atom. The van der Waals surface area contributed by atoms with Crippen molar-refractivity contribution < 1.29 is 37.5 Å². The van der Waals surface area contributed by atoms with Gasteiger partial charge in [-0.2, -0.15) is 13.2 Å². The van der Waals surface area contributed by atoms with E-state index < -0.39 is 18.2 Å². The SMILES string of the molecule is CCCCCN(CCCCC)C(=O)N1CCN(C(=O)N(c2ccccc2)c2ccccc2)[C@H](C(=O)N(C)CCNC)C1.O=C(O)C(F)(F)F. The van der Waals surface area contributed by atoms with Crippen LogP contribution in [0.4, 0.5) is 34.1 Å². The van der Waals surface area contributed by atoms with Gasteiger partial charge in [0.05, 0.1) is 17.9 Å². The van der Waals surface area contributed by atoms with E-state index in [1.165, 1.54) is 0 Å². The van der Waals surface area contributed by atoms with E-state index >= 15 is 0 Å². The van der Waals surface area contributed by atoms with E-state index in [2.05, 4.69) is 19.2 Å². The van der Waals surface area contributed by atoms with Crippen LogP contribution in [0, 0.1) is 0 Å². The molecule has 1 fully saturated rings. The average Bonchev–Trinajstić information content (AvgIpc) is 3.10. The molecule has 1 aliphatic rings. The van der Waals surface area contributed by atoms with Gasteiger partial charge in [-0.1, -0.05) is 75.9 Å². The van der Waals surface area contributed by atoms with Crippen molar-refractivity contribution in [3.8, 4) is 0 Å². The third-order valence-electron chi connectivity index (χ3n) is 8.05. The van der Waals surface area contributed by atoms with Crippen LogP contribution < -0.4 is 10.2 Å². The van der Waals surface area contributed by atoms with Crippen LogP contribution in [0.2, 0.25) is 0 Å². The third kappa shape index (κ3) is 12.9. The number of piperazine rings is 1. The van der Waals surface area contributed by atoms with E-state index in [1.54, 1.807) is 26.6 Å². The molecular formula is C35H51F3N6O5. The Kier molecular flexibility index (Phi) is 17.4. The molecule has 1 aliphatic heterocycles. The molecule has 0 bridgehead atoms. The van der Waals surface area contributed by atoms with E-state index in [0.717, 1.165) is 49.9 Å². The maximum Gasteiger partial charge on any atom is 0.490 e. The largest absolute Gasteiger partial charge is 0.490 e. The topological polar surface area (TPSA) is 117 Å². The maximum atomic E-state index is 14.4. The van der Waals surface area contributed by atoms with Crippen LogP contribution in [0.15, 0.2) is 60.7 Å². The molecule has 0 unspecified atom stereocenters. The van der Waals surface area contributed by atoms with Crippen LogP contribution >= 0.6 is 0 Å². The molecular weight excluding hydrogens is 641 g/mol. The molecule has 1 heterocycles. The number of amides is 5. The van der Waals surface area contributed by atoms with Gasteiger partial charge in [-0.15, -0.1) is 0 Å². The molecule has 5 amide bonds. The summed E-state index contributed by atoms with van der Waals surface area (Å²) in [4.78, 5) is 59.7. The summed E-state index contributed by atoms with van der Waals surface area (Å²) < 4.78 is 31.7. The highest BCUT2D eigenvalue weighted by Crippen LogP contribution is 2.28. The number of alkyl halides is 3. The van der Waals surface area contributed by atoms with Gasteiger partial charge in [0.2, 0.25) is 5.91 Å². The molecule has 14 heteroatoms. The molecule has 1 saturated heterocycles. The second kappa shape index (κ2) is 20.9. The molecule has 0 aromatic heterocycles. The number of urea groups is 2. The maximum absolute atomic E-state index is 14.4. The van der Waals surface area contributed by atoms with Crippen molar-refractivity contribution in [2.75, 3.05) is 64.8 Å². The third-order valence-corrected chi connectivity index (χ3v) is 8.05. The van der Waals surface area contributed by atoms with Crippen LogP contribution in [-0.2, 0) is 9.59 Å². The highest BCUT2D eigenvalue weighted by atomic mass is 19.4. The lowest BCUT2D eigenvalue weighted by Crippen LogP contribution is -2.64. The van der Waals surface area contributed by atoms with Gasteiger partial charge in [0.15, 0.2) is 0 Å². The second-order valence-electron chi connectivity index (χ2n) is 11.8. The Morgan fingerprint density at radius 1 is 0.816 bits per heavy atom. The van der Waals surface area contributed by atoms with Crippen LogP contribution in [-0.4, -0.2) is 121 Å². The van der Waals surface area contributed by atoms with Crippen molar-refractivity contribution in [3.63, 3.8) is 0 Å². The van der Waals surface area contributed by atoms with Crippen molar-refractivity contribution in [2.45, 2.75) is 64.6 Å². The number of carbonyl (C=O) groups excluding carboxylic acids is 3. The van der Waals surface area contributed by atoms with E-state index in [0.29, 0.717) is 32.7 Å². The zero-order chi connectivity index (χ0) is 36.4. The molecule has 11 nitrogen and oxygen atoms in total. The minimum absolute atomic E-state index is 0.0343. The average molecular weight is 693 g/mol. The fourth-order valence-corrected chi connectivity index (χ4v) is 5.30. The van der Waals surface area contributed by atoms with Gasteiger partial charge in [0.25, 0.3) is 0 Å². The Labute approximate surface area is 287 Å². The number of nitrogens with zero attached hydrogens (tertiary/aromatic N) is 5. The number of likely N-dealkylation sites (N-methyl/N-ethyl adjacent to an activating group) is 2. The van der Waals surface area contributed by atoms with Gasteiger partial charge >= 0.3 is 24.2 Å². The van der Waals surface area contributed by atoms with Gasteiger partial charge in [-0.05, 0) is 44.2 Å². The number of benzene rings is 2. The Hall–Kier alpha value is -4.33. The number of hydrogen-bond donors (Lipinski definition) is 2. The molecule has 1 atom stereocenters. The lowest BCUT2D eigenvalue weighted by atomic mass is 10.1. The number of aliphatic carboxylic acids is 1. The minimum Gasteiger partial charge on any atom is -0.475 e. The first kappa shape index (κ1) is 40.8. The standard InChI is InChI=1S/C33H50N6O3.C2HF3O2/c1-5-7-15-22-36(23-16-8-6-2)32(41)37-25-26-38(30(27-37)31(40)35(4)24-21-34-3)33(42)39(28-17-11-9-12-18-28)29-19-13-10-14-20-29;3-2(4,5)1(6)7/h9-14,17-20,30,34H,5-8,15-16,21-27H2,1-4H3;(H,6,7)/t30-;/m0./s1. The Bertz CT molecular complexity index is 1250. The Morgan fingerprint density at radius 2 is 1.31 bits per heavy atom. The van der Waals surface area contributed by atoms with Gasteiger partial charge in [-0.3, -0.25) is 9.69 Å². The molecule has 3 rings (SSSR count). The zero-order valence-corrected chi connectivity index (χ0v) is 29.0. The molecule has 0 aliphatic carbocycles. The number of unbranched alkanes of at least 4 members (excludes halogenated alkanes) is 4. The summed E-state index contributed by atoms with van der Waals surface area (Å²) in [7, 11) is 3.61. The number of nitrogens with one attached hydrogen (secondary N) is 1. The number of carboxylic acids is 1. The number of carboxylic acid groups (broad SMARTS) is 1. The van der Waals surface area contributed by atoms with Crippen molar-refractivity contribution >= 4 is 35.3 Å². The summed E-state index contributed by atoms with van der Waals surface area (Å²) in [5.74, 6) is -2.92. The van der Waals surface area contributed by atoms with Crippen LogP contribution in [0.3, 0.4) is 0 Å². The monoisotopic (exact) mass is 692 g/mol. The van der Waals surface area contributed by atoms with E-state index in [-0.39, 0.29) is 31.1 Å². The fraction of sp³-hybridized carbons (Fsp3) is 0.543. The highest BCUT2D eigenvalue weighted by molar-refractivity contribution is 6.01. The molecule has 2 N–H and O–H groups in total. The summed E-state index contributed by atoms with van der Waals surface area (Å²) >= 11 is 0. The smallest absolute Gasteiger partial charge is 0.475 e. The highest BCUT2D eigenvalue weighted by Gasteiger charge is 2.41. The predicted molar refractivity (Wildman–Crippen MR) is 184 cm³/mol. The van der Waals surface area contributed by atoms with Gasteiger partial charge in [-0.25, -0.2) is 14.4 Å². The lowest BCUT2D eigenvalue weighted by Gasteiger charge is -2.44. The first-order chi connectivity index (χ1) is 23.4. The first-order valence-electron chi connectivity index (χ1n) is 16.8. The van der Waals surface area contributed by atoms with Gasteiger partial charge < -0.3 is 30.0 Å². The predicted octanol–water partition coefficient (Wildman–Crippen LogP) is 6.04. The van der Waals surface area contributed by atoms with E-state index in [1.807, 2.05) is 72.6 Å². The molecule has 0 radical (unpaired) electrons. The number of halogens is 3. The number of para-hydroxylation sites is 2. The quantitative estimate of drug-likeness (QED) is 0.233. The van der Waals surface area contributed by atoms with Crippen molar-refractivity contribution in [1.82, 2.24) is 24.9 Å². The summed E-state index contributed by atoms with van der Waals surface area (Å²) in [6.45, 7) is 7.71. The molecule has 272 valence electrons. The lowest BCUT2D eigenvalue weighted by molar-refractivity contribution is -0.192. The molecule has 2 aromatic rings. The number of rotatable bonds is 14. The summed E-state index contributed by atoms with van der Waals surface area (Å²) in [6.07, 6.45) is 1.17. The number of carbonyl (C=O) groups is 4. The second-order valence-corrected chi connectivity index (χ2v) is 11.8. The van der Waals surface area contributed by atoms with E-state index in [9.17, 15) is 27.6 Å². The van der Waals surface area contributed by atoms with Crippen LogP contribution in [0.1, 0.15) is 52.4 Å². The fourth-order valence-electron chi connectivity index (χ4n) is 5.30. The minimum atomic E-state index is -5.08. The summed E-state index contributed by atoms with van der Waals surface area (Å²) in [6, 6.07) is 17.9. The van der Waals surface area contributed by atoms with Gasteiger partial charge in [0.1, 0.15) is 6.04 Å². The zero-order valence-electron chi connectivity index (χ0n) is 29.0. The Balaban J connectivity index is 0.00000107. The van der Waals surface area contributed by atoms with Crippen LogP contribution in [0.25, 0.3) is 0 Å². The summed E-state index contributed by atoms with van der Waals surface area (Å²) in [5, 5.41) is 10.2. The normalized spacial score (nSPS) is 14.4. The van der Waals surface area contributed by atoms with Crippen molar-refractivity contribution in [1.29, 1.82) is 0 Å². The van der Waals surface area contributed by atoms with Gasteiger partial charge in [0, 0.05) is 46.3 Å².